The molecule has 0 amide bonds. The van der Waals surface area contributed by atoms with Gasteiger partial charge >= 0.3 is 0 Å². The molecular formula is C22H31NO2. The molecular weight excluding hydrogens is 310 g/mol. The van der Waals surface area contributed by atoms with Gasteiger partial charge in [-0.25, -0.2) is 0 Å². The molecule has 1 atom stereocenters. The largest absolute Gasteiger partial charge is 0.494 e. The van der Waals surface area contributed by atoms with Crippen molar-refractivity contribution >= 4 is 0 Å². The molecule has 136 valence electrons. The SMILES string of the molecule is CCCCOc1cccc(CC(CN)c2ccc(OCC)c(C)c2)c1. The molecule has 3 heteroatoms. The van der Waals surface area contributed by atoms with Gasteiger partial charge in [-0.2, -0.15) is 0 Å². The monoisotopic (exact) mass is 341 g/mol. The molecule has 2 rings (SSSR count). The molecule has 0 spiro atoms. The van der Waals surface area contributed by atoms with E-state index in [0.717, 1.165) is 42.9 Å². The van der Waals surface area contributed by atoms with E-state index in [9.17, 15) is 0 Å². The lowest BCUT2D eigenvalue weighted by Crippen LogP contribution is -2.15. The van der Waals surface area contributed by atoms with Crippen molar-refractivity contribution in [3.8, 4) is 11.5 Å². The second-order valence-corrected chi connectivity index (χ2v) is 6.44. The fraction of sp³-hybridized carbons (Fsp3) is 0.455. The van der Waals surface area contributed by atoms with Crippen LogP contribution in [0.15, 0.2) is 42.5 Å². The third-order valence-electron chi connectivity index (χ3n) is 4.40. The molecule has 0 bridgehead atoms. The smallest absolute Gasteiger partial charge is 0.122 e. The van der Waals surface area contributed by atoms with Gasteiger partial charge in [0.25, 0.3) is 0 Å². The van der Waals surface area contributed by atoms with E-state index >= 15 is 0 Å². The Morgan fingerprint density at radius 2 is 1.88 bits per heavy atom. The first-order valence-electron chi connectivity index (χ1n) is 9.33. The van der Waals surface area contributed by atoms with E-state index in [-0.39, 0.29) is 0 Å². The van der Waals surface area contributed by atoms with Crippen molar-refractivity contribution in [2.75, 3.05) is 19.8 Å². The molecule has 2 aromatic rings. The highest BCUT2D eigenvalue weighted by molar-refractivity contribution is 5.39. The molecule has 2 N–H and O–H groups in total. The number of aryl methyl sites for hydroxylation is 1. The van der Waals surface area contributed by atoms with Crippen molar-refractivity contribution in [1.29, 1.82) is 0 Å². The summed E-state index contributed by atoms with van der Waals surface area (Å²) in [5.74, 6) is 2.19. The molecule has 0 radical (unpaired) electrons. The van der Waals surface area contributed by atoms with Gasteiger partial charge in [-0.3, -0.25) is 0 Å². The summed E-state index contributed by atoms with van der Waals surface area (Å²) in [5, 5.41) is 0. The summed E-state index contributed by atoms with van der Waals surface area (Å²) in [5.41, 5.74) is 9.76. The van der Waals surface area contributed by atoms with Crippen molar-refractivity contribution in [3.05, 3.63) is 59.2 Å². The average molecular weight is 341 g/mol. The Kier molecular flexibility index (Phi) is 7.80. The lowest BCUT2D eigenvalue weighted by Gasteiger charge is -2.18. The van der Waals surface area contributed by atoms with E-state index in [1.165, 1.54) is 11.1 Å². The van der Waals surface area contributed by atoms with Crippen molar-refractivity contribution in [2.24, 2.45) is 5.73 Å². The van der Waals surface area contributed by atoms with Crippen LogP contribution in [0.1, 0.15) is 49.3 Å². The number of rotatable bonds is 10. The fourth-order valence-corrected chi connectivity index (χ4v) is 2.96. The molecule has 0 aromatic heterocycles. The van der Waals surface area contributed by atoms with Gasteiger partial charge in [-0.1, -0.05) is 37.6 Å². The molecule has 3 nitrogen and oxygen atoms in total. The lowest BCUT2D eigenvalue weighted by molar-refractivity contribution is 0.309. The highest BCUT2D eigenvalue weighted by atomic mass is 16.5. The zero-order valence-corrected chi connectivity index (χ0v) is 15.8. The first kappa shape index (κ1) is 19.3. The summed E-state index contributed by atoms with van der Waals surface area (Å²) in [6, 6.07) is 14.8. The average Bonchev–Trinajstić information content (AvgIpc) is 2.62. The van der Waals surface area contributed by atoms with Crippen LogP contribution in [0.25, 0.3) is 0 Å². The molecule has 25 heavy (non-hydrogen) atoms. The number of nitrogens with two attached hydrogens (primary N) is 1. The normalized spacial score (nSPS) is 12.0. The maximum Gasteiger partial charge on any atom is 0.122 e. The summed E-state index contributed by atoms with van der Waals surface area (Å²) in [7, 11) is 0. The van der Waals surface area contributed by atoms with E-state index in [2.05, 4.69) is 50.2 Å². The third kappa shape index (κ3) is 5.79. The molecule has 0 saturated carbocycles. The van der Waals surface area contributed by atoms with Crippen LogP contribution >= 0.6 is 0 Å². The number of unbranched alkanes of at least 4 members (excludes halogenated alkanes) is 1. The minimum Gasteiger partial charge on any atom is -0.494 e. The minimum absolute atomic E-state index is 0.292. The molecule has 2 aromatic carbocycles. The van der Waals surface area contributed by atoms with Crippen molar-refractivity contribution in [2.45, 2.75) is 46.0 Å². The Morgan fingerprint density at radius 1 is 1.04 bits per heavy atom. The van der Waals surface area contributed by atoms with E-state index in [4.69, 9.17) is 15.2 Å². The van der Waals surface area contributed by atoms with Gasteiger partial charge in [-0.05, 0) is 68.1 Å². The summed E-state index contributed by atoms with van der Waals surface area (Å²) in [4.78, 5) is 0. The van der Waals surface area contributed by atoms with Crippen LogP contribution in [0, 0.1) is 6.92 Å². The summed E-state index contributed by atoms with van der Waals surface area (Å²) in [6.45, 7) is 8.35. The van der Waals surface area contributed by atoms with Gasteiger partial charge in [0, 0.05) is 5.92 Å². The first-order chi connectivity index (χ1) is 12.2. The van der Waals surface area contributed by atoms with Crippen LogP contribution in [0.5, 0.6) is 11.5 Å². The Hall–Kier alpha value is -2.00. The van der Waals surface area contributed by atoms with E-state index in [0.29, 0.717) is 19.1 Å². The minimum atomic E-state index is 0.292. The standard InChI is InChI=1S/C22H31NO2/c1-4-6-12-25-21-9-7-8-18(15-21)14-20(16-23)19-10-11-22(24-5-2)17(3)13-19/h7-11,13,15,20H,4-6,12,14,16,23H2,1-3H3. The number of benzene rings is 2. The first-order valence-corrected chi connectivity index (χ1v) is 9.33. The van der Waals surface area contributed by atoms with Crippen molar-refractivity contribution in [1.82, 2.24) is 0 Å². The molecule has 0 aliphatic rings. The Labute approximate surface area is 152 Å². The maximum absolute atomic E-state index is 6.07. The van der Waals surface area contributed by atoms with Gasteiger partial charge in [-0.15, -0.1) is 0 Å². The zero-order valence-electron chi connectivity index (χ0n) is 15.8. The number of hydrogen-bond acceptors (Lipinski definition) is 3. The second-order valence-electron chi connectivity index (χ2n) is 6.44. The molecule has 1 unspecified atom stereocenters. The highest BCUT2D eigenvalue weighted by Crippen LogP contribution is 2.27. The summed E-state index contributed by atoms with van der Waals surface area (Å²) in [6.07, 6.45) is 3.14. The van der Waals surface area contributed by atoms with Crippen LogP contribution in [-0.4, -0.2) is 19.8 Å². The molecule has 0 heterocycles. The molecule has 0 aliphatic heterocycles. The Balaban J connectivity index is 2.09. The maximum atomic E-state index is 6.07. The molecule has 0 aliphatic carbocycles. The molecule has 0 fully saturated rings. The molecule has 0 saturated heterocycles. The van der Waals surface area contributed by atoms with Crippen LogP contribution in [0.3, 0.4) is 0 Å². The highest BCUT2D eigenvalue weighted by Gasteiger charge is 2.13. The van der Waals surface area contributed by atoms with Gasteiger partial charge in [0.2, 0.25) is 0 Å². The van der Waals surface area contributed by atoms with Gasteiger partial charge < -0.3 is 15.2 Å². The lowest BCUT2D eigenvalue weighted by atomic mass is 9.91. The summed E-state index contributed by atoms with van der Waals surface area (Å²) >= 11 is 0. The second kappa shape index (κ2) is 10.1. The van der Waals surface area contributed by atoms with Crippen LogP contribution in [0.2, 0.25) is 0 Å². The quantitative estimate of drug-likeness (QED) is 0.628. The van der Waals surface area contributed by atoms with Crippen LogP contribution in [0.4, 0.5) is 0 Å². The van der Waals surface area contributed by atoms with Gasteiger partial charge in [0.15, 0.2) is 0 Å². The Morgan fingerprint density at radius 3 is 2.56 bits per heavy atom. The van der Waals surface area contributed by atoms with Crippen molar-refractivity contribution < 1.29 is 9.47 Å². The third-order valence-corrected chi connectivity index (χ3v) is 4.40. The fourth-order valence-electron chi connectivity index (χ4n) is 2.96. The van der Waals surface area contributed by atoms with E-state index in [1.54, 1.807) is 0 Å². The predicted molar refractivity (Wildman–Crippen MR) is 105 cm³/mol. The number of hydrogen-bond donors (Lipinski definition) is 1. The van der Waals surface area contributed by atoms with E-state index in [1.807, 2.05) is 13.0 Å². The number of ether oxygens (including phenoxy) is 2. The summed E-state index contributed by atoms with van der Waals surface area (Å²) < 4.78 is 11.5. The van der Waals surface area contributed by atoms with Gasteiger partial charge in [0.1, 0.15) is 11.5 Å². The van der Waals surface area contributed by atoms with Crippen molar-refractivity contribution in [3.63, 3.8) is 0 Å². The van der Waals surface area contributed by atoms with E-state index < -0.39 is 0 Å². The predicted octanol–water partition coefficient (Wildman–Crippen LogP) is 4.86. The van der Waals surface area contributed by atoms with Gasteiger partial charge in [0.05, 0.1) is 13.2 Å². The topological polar surface area (TPSA) is 44.5 Å². The van der Waals surface area contributed by atoms with Crippen LogP contribution in [-0.2, 0) is 6.42 Å². The zero-order chi connectivity index (χ0) is 18.1. The Bertz CT molecular complexity index is 654. The van der Waals surface area contributed by atoms with Crippen LogP contribution < -0.4 is 15.2 Å².